The molecule has 1 aliphatic rings. The van der Waals surface area contributed by atoms with Gasteiger partial charge in [-0.05, 0) is 36.2 Å². The number of anilines is 2. The topological polar surface area (TPSA) is 69.0 Å². The van der Waals surface area contributed by atoms with Crippen molar-refractivity contribution in [3.05, 3.63) is 51.7 Å². The lowest BCUT2D eigenvalue weighted by atomic mass is 10.1. The number of rotatable bonds is 5. The fourth-order valence-corrected chi connectivity index (χ4v) is 3.26. The maximum atomic E-state index is 13.2. The Kier molecular flexibility index (Phi) is 5.47. The van der Waals surface area contributed by atoms with Gasteiger partial charge in [0.15, 0.2) is 5.82 Å². The van der Waals surface area contributed by atoms with Gasteiger partial charge in [-0.2, -0.15) is 18.4 Å². The van der Waals surface area contributed by atoms with Gasteiger partial charge in [0.05, 0.1) is 5.56 Å². The summed E-state index contributed by atoms with van der Waals surface area (Å²) in [5, 5.41) is 11.6. The molecule has 0 spiro atoms. The average Bonchev–Trinajstić information content (AvgIpc) is 2.94. The molecule has 0 aliphatic carbocycles. The van der Waals surface area contributed by atoms with Crippen molar-refractivity contribution >= 4 is 29.0 Å². The number of aromatic nitrogens is 1. The number of nitriles is 1. The van der Waals surface area contributed by atoms with Crippen molar-refractivity contribution in [2.24, 2.45) is 0 Å². The maximum Gasteiger partial charge on any atom is 0.417 e. The van der Waals surface area contributed by atoms with Crippen LogP contribution in [0.25, 0.3) is 0 Å². The number of nitrogens with zero attached hydrogens (tertiary/aromatic N) is 3. The number of nitrogens with one attached hydrogen (secondary N) is 1. The number of hydrogen-bond donors (Lipinski definition) is 1. The highest BCUT2D eigenvalue weighted by Gasteiger charge is 2.36. The van der Waals surface area contributed by atoms with E-state index in [1.165, 1.54) is 0 Å². The minimum atomic E-state index is -4.74. The van der Waals surface area contributed by atoms with E-state index in [0.717, 1.165) is 18.4 Å². The zero-order chi connectivity index (χ0) is 20.5. The van der Waals surface area contributed by atoms with Crippen LogP contribution in [0, 0.1) is 11.3 Å². The molecule has 2 aromatic rings. The number of alkyl halides is 3. The highest BCUT2D eigenvalue weighted by molar-refractivity contribution is 6.29. The molecule has 1 N–H and O–H groups in total. The van der Waals surface area contributed by atoms with Gasteiger partial charge in [-0.15, -0.1) is 0 Å². The molecule has 5 nitrogen and oxygen atoms in total. The highest BCUT2D eigenvalue weighted by atomic mass is 35.5. The van der Waals surface area contributed by atoms with Crippen molar-refractivity contribution in [2.75, 3.05) is 11.9 Å². The lowest BCUT2D eigenvalue weighted by molar-refractivity contribution is -0.137. The van der Waals surface area contributed by atoms with Gasteiger partial charge in [-0.1, -0.05) is 24.9 Å². The molecule has 3 rings (SSSR count). The first kappa shape index (κ1) is 20.0. The molecule has 28 heavy (non-hydrogen) atoms. The standard InChI is InChI=1S/C19H16ClF3N4O/c1-2-3-6-27-10-11-7-12(4-5-13(11)18(27)28)25-17-14(9-24)15(19(21,22)23)8-16(20)26-17/h4-5,7-8H,2-3,6,10H2,1H3,(H,25,26). The fourth-order valence-electron chi connectivity index (χ4n) is 3.07. The van der Waals surface area contributed by atoms with Crippen LogP contribution in [0.1, 0.15) is 46.8 Å². The Labute approximate surface area is 164 Å². The third kappa shape index (κ3) is 3.90. The summed E-state index contributed by atoms with van der Waals surface area (Å²) in [5.41, 5.74) is -0.0409. The Morgan fingerprint density at radius 1 is 1.36 bits per heavy atom. The number of pyridine rings is 1. The van der Waals surface area contributed by atoms with Crippen LogP contribution in [0.15, 0.2) is 24.3 Å². The third-order valence-electron chi connectivity index (χ3n) is 4.43. The molecule has 0 unspecified atom stereocenters. The van der Waals surface area contributed by atoms with E-state index >= 15 is 0 Å². The van der Waals surface area contributed by atoms with Crippen LogP contribution in [0.5, 0.6) is 0 Å². The molecule has 0 atom stereocenters. The zero-order valence-electron chi connectivity index (χ0n) is 14.9. The first-order valence-corrected chi connectivity index (χ1v) is 8.99. The molecule has 2 heterocycles. The van der Waals surface area contributed by atoms with Crippen LogP contribution in [-0.4, -0.2) is 22.3 Å². The molecule has 0 saturated heterocycles. The van der Waals surface area contributed by atoms with Crippen molar-refractivity contribution in [3.63, 3.8) is 0 Å². The van der Waals surface area contributed by atoms with Crippen molar-refractivity contribution < 1.29 is 18.0 Å². The summed E-state index contributed by atoms with van der Waals surface area (Å²) >= 11 is 5.72. The number of carbonyl (C=O) groups is 1. The van der Waals surface area contributed by atoms with E-state index in [1.54, 1.807) is 29.2 Å². The second-order valence-electron chi connectivity index (χ2n) is 6.40. The smallest absolute Gasteiger partial charge is 0.339 e. The van der Waals surface area contributed by atoms with Gasteiger partial charge in [-0.25, -0.2) is 4.98 Å². The predicted octanol–water partition coefficient (Wildman–Crippen LogP) is 5.12. The molecule has 1 amide bonds. The van der Waals surface area contributed by atoms with Gasteiger partial charge in [0.1, 0.15) is 16.8 Å². The van der Waals surface area contributed by atoms with Gasteiger partial charge < -0.3 is 10.2 Å². The number of fused-ring (bicyclic) bond motifs is 1. The second kappa shape index (κ2) is 7.68. The fraction of sp³-hybridized carbons (Fsp3) is 0.316. The molecule has 146 valence electrons. The quantitative estimate of drug-likeness (QED) is 0.697. The van der Waals surface area contributed by atoms with Gasteiger partial charge in [0, 0.05) is 24.3 Å². The number of benzene rings is 1. The van der Waals surface area contributed by atoms with Crippen molar-refractivity contribution in [2.45, 2.75) is 32.5 Å². The number of unbranched alkanes of at least 4 members (excludes halogenated alkanes) is 1. The van der Waals surface area contributed by atoms with E-state index < -0.39 is 17.3 Å². The minimum Gasteiger partial charge on any atom is -0.339 e. The van der Waals surface area contributed by atoms with E-state index in [0.29, 0.717) is 30.4 Å². The SMILES string of the molecule is CCCCN1Cc2cc(Nc3nc(Cl)cc(C(F)(F)F)c3C#N)ccc2C1=O. The van der Waals surface area contributed by atoms with Gasteiger partial charge in [-0.3, -0.25) is 4.79 Å². The summed E-state index contributed by atoms with van der Waals surface area (Å²) < 4.78 is 39.6. The van der Waals surface area contributed by atoms with Crippen LogP contribution in [0.2, 0.25) is 5.15 Å². The third-order valence-corrected chi connectivity index (χ3v) is 4.63. The second-order valence-corrected chi connectivity index (χ2v) is 6.79. The lowest BCUT2D eigenvalue weighted by Gasteiger charge is -2.14. The predicted molar refractivity (Wildman–Crippen MR) is 98.3 cm³/mol. The molecule has 0 saturated carbocycles. The van der Waals surface area contributed by atoms with Gasteiger partial charge >= 0.3 is 6.18 Å². The van der Waals surface area contributed by atoms with E-state index in [2.05, 4.69) is 10.3 Å². The summed E-state index contributed by atoms with van der Waals surface area (Å²) in [6.45, 7) is 3.12. The Morgan fingerprint density at radius 2 is 2.11 bits per heavy atom. The molecule has 1 aromatic carbocycles. The first-order valence-electron chi connectivity index (χ1n) is 8.61. The van der Waals surface area contributed by atoms with Crippen molar-refractivity contribution in [1.82, 2.24) is 9.88 Å². The summed E-state index contributed by atoms with van der Waals surface area (Å²) in [7, 11) is 0. The molecule has 1 aromatic heterocycles. The van der Waals surface area contributed by atoms with E-state index in [-0.39, 0.29) is 16.9 Å². The van der Waals surface area contributed by atoms with Crippen molar-refractivity contribution in [3.8, 4) is 6.07 Å². The largest absolute Gasteiger partial charge is 0.417 e. The summed E-state index contributed by atoms with van der Waals surface area (Å²) in [6, 6.07) is 7.03. The summed E-state index contributed by atoms with van der Waals surface area (Å²) in [6.07, 6.45) is -2.88. The highest BCUT2D eigenvalue weighted by Crippen LogP contribution is 2.37. The number of amides is 1. The van der Waals surface area contributed by atoms with Crippen LogP contribution < -0.4 is 5.32 Å². The van der Waals surface area contributed by atoms with E-state index in [9.17, 15) is 23.2 Å². The maximum absolute atomic E-state index is 13.2. The van der Waals surface area contributed by atoms with E-state index in [1.807, 2.05) is 6.92 Å². The van der Waals surface area contributed by atoms with Crippen LogP contribution in [0.3, 0.4) is 0 Å². The molecule has 0 bridgehead atoms. The van der Waals surface area contributed by atoms with Crippen LogP contribution >= 0.6 is 11.6 Å². The van der Waals surface area contributed by atoms with Gasteiger partial charge in [0.25, 0.3) is 5.91 Å². The number of carbonyl (C=O) groups excluding carboxylic acids is 1. The Balaban J connectivity index is 1.92. The summed E-state index contributed by atoms with van der Waals surface area (Å²) in [5.74, 6) is -0.345. The Morgan fingerprint density at radius 3 is 2.75 bits per heavy atom. The molecule has 9 heteroatoms. The molecular formula is C19H16ClF3N4O. The summed E-state index contributed by atoms with van der Waals surface area (Å²) in [4.78, 5) is 17.9. The minimum absolute atomic E-state index is 0.0621. The Hall–Kier alpha value is -2.79. The van der Waals surface area contributed by atoms with Crippen molar-refractivity contribution in [1.29, 1.82) is 5.26 Å². The number of hydrogen-bond acceptors (Lipinski definition) is 4. The van der Waals surface area contributed by atoms with Gasteiger partial charge in [0.2, 0.25) is 0 Å². The van der Waals surface area contributed by atoms with Crippen LogP contribution in [-0.2, 0) is 12.7 Å². The molecule has 0 radical (unpaired) electrons. The normalized spacial score (nSPS) is 13.4. The average molecular weight is 409 g/mol. The van der Waals surface area contributed by atoms with E-state index in [4.69, 9.17) is 11.6 Å². The number of halogens is 4. The van der Waals surface area contributed by atoms with Crippen LogP contribution in [0.4, 0.5) is 24.7 Å². The zero-order valence-corrected chi connectivity index (χ0v) is 15.7. The molecular weight excluding hydrogens is 393 g/mol. The monoisotopic (exact) mass is 408 g/mol. The lowest BCUT2D eigenvalue weighted by Crippen LogP contribution is -2.24. The molecule has 0 fully saturated rings. The first-order chi connectivity index (χ1) is 13.2. The molecule has 1 aliphatic heterocycles. The Bertz CT molecular complexity index is 969.